The summed E-state index contributed by atoms with van der Waals surface area (Å²) in [5.41, 5.74) is 7.08. The standard InChI is InChI=1S/C13H21NO2.ClH/c1-4-16-13-8-10(5-6-12(13)15)11(14)7-9(2)3;/h5-6,8-9,11,15H,4,7,14H2,1-3H3;1H/t11-;/m1./s1. The molecule has 0 heterocycles. The first kappa shape index (κ1) is 16.1. The average molecular weight is 260 g/mol. The molecule has 1 rings (SSSR count). The predicted octanol–water partition coefficient (Wildman–Crippen LogP) is 3.26. The molecule has 0 aliphatic heterocycles. The lowest BCUT2D eigenvalue weighted by atomic mass is 9.97. The van der Waals surface area contributed by atoms with E-state index < -0.39 is 0 Å². The Bertz CT molecular complexity index is 342. The Morgan fingerprint density at radius 2 is 2.00 bits per heavy atom. The fraction of sp³-hybridized carbons (Fsp3) is 0.538. The highest BCUT2D eigenvalue weighted by Crippen LogP contribution is 2.30. The van der Waals surface area contributed by atoms with E-state index in [9.17, 15) is 5.11 Å². The van der Waals surface area contributed by atoms with Gasteiger partial charge in [-0.25, -0.2) is 0 Å². The second-order valence-electron chi connectivity index (χ2n) is 4.40. The van der Waals surface area contributed by atoms with Crippen LogP contribution in [0.15, 0.2) is 18.2 Å². The van der Waals surface area contributed by atoms with Gasteiger partial charge in [-0.2, -0.15) is 0 Å². The first-order valence-corrected chi connectivity index (χ1v) is 5.75. The van der Waals surface area contributed by atoms with Crippen molar-refractivity contribution in [3.63, 3.8) is 0 Å². The third-order valence-electron chi connectivity index (χ3n) is 2.44. The van der Waals surface area contributed by atoms with E-state index in [4.69, 9.17) is 10.5 Å². The molecule has 4 heteroatoms. The minimum atomic E-state index is -0.000180. The number of rotatable bonds is 5. The number of hydrogen-bond donors (Lipinski definition) is 2. The van der Waals surface area contributed by atoms with E-state index in [0.717, 1.165) is 12.0 Å². The van der Waals surface area contributed by atoms with Gasteiger partial charge in [0.2, 0.25) is 0 Å². The van der Waals surface area contributed by atoms with Gasteiger partial charge < -0.3 is 15.6 Å². The van der Waals surface area contributed by atoms with Crippen LogP contribution in [-0.4, -0.2) is 11.7 Å². The molecule has 1 aromatic carbocycles. The molecule has 98 valence electrons. The van der Waals surface area contributed by atoms with Gasteiger partial charge in [-0.05, 0) is 37.0 Å². The molecule has 0 fully saturated rings. The van der Waals surface area contributed by atoms with Crippen molar-refractivity contribution in [2.75, 3.05) is 6.61 Å². The maximum absolute atomic E-state index is 9.56. The maximum Gasteiger partial charge on any atom is 0.161 e. The minimum Gasteiger partial charge on any atom is -0.504 e. The smallest absolute Gasteiger partial charge is 0.161 e. The summed E-state index contributed by atoms with van der Waals surface area (Å²) in [6.45, 7) is 6.71. The van der Waals surface area contributed by atoms with Crippen molar-refractivity contribution in [2.24, 2.45) is 11.7 Å². The van der Waals surface area contributed by atoms with Crippen LogP contribution in [0.2, 0.25) is 0 Å². The highest BCUT2D eigenvalue weighted by Gasteiger charge is 2.11. The van der Waals surface area contributed by atoms with Crippen molar-refractivity contribution >= 4 is 12.4 Å². The third-order valence-corrected chi connectivity index (χ3v) is 2.44. The van der Waals surface area contributed by atoms with Gasteiger partial charge in [-0.1, -0.05) is 19.9 Å². The van der Waals surface area contributed by atoms with E-state index in [-0.39, 0.29) is 24.2 Å². The summed E-state index contributed by atoms with van der Waals surface area (Å²) in [6.07, 6.45) is 0.927. The lowest BCUT2D eigenvalue weighted by Crippen LogP contribution is -2.13. The molecule has 0 aliphatic rings. The average Bonchev–Trinajstić information content (AvgIpc) is 2.20. The number of nitrogens with two attached hydrogens (primary N) is 1. The van der Waals surface area contributed by atoms with Crippen LogP contribution in [0.1, 0.15) is 38.8 Å². The number of halogens is 1. The molecule has 3 nitrogen and oxygen atoms in total. The van der Waals surface area contributed by atoms with Crippen molar-refractivity contribution in [3.05, 3.63) is 23.8 Å². The topological polar surface area (TPSA) is 55.5 Å². The fourth-order valence-electron chi connectivity index (χ4n) is 1.68. The molecule has 0 saturated carbocycles. The number of phenols is 1. The summed E-state index contributed by atoms with van der Waals surface area (Å²) >= 11 is 0. The Morgan fingerprint density at radius 1 is 1.35 bits per heavy atom. The van der Waals surface area contributed by atoms with Crippen LogP contribution < -0.4 is 10.5 Å². The zero-order valence-electron chi connectivity index (χ0n) is 10.6. The van der Waals surface area contributed by atoms with Gasteiger partial charge in [0.1, 0.15) is 0 Å². The molecule has 0 aliphatic carbocycles. The largest absolute Gasteiger partial charge is 0.504 e. The zero-order valence-corrected chi connectivity index (χ0v) is 11.5. The molecule has 17 heavy (non-hydrogen) atoms. The monoisotopic (exact) mass is 259 g/mol. The fourth-order valence-corrected chi connectivity index (χ4v) is 1.68. The molecule has 0 bridgehead atoms. The van der Waals surface area contributed by atoms with E-state index in [1.165, 1.54) is 0 Å². The summed E-state index contributed by atoms with van der Waals surface area (Å²) in [6, 6.07) is 5.32. The lowest BCUT2D eigenvalue weighted by Gasteiger charge is -2.16. The summed E-state index contributed by atoms with van der Waals surface area (Å²) in [5, 5.41) is 9.56. The zero-order chi connectivity index (χ0) is 12.1. The molecule has 0 unspecified atom stereocenters. The van der Waals surface area contributed by atoms with Crippen molar-refractivity contribution in [2.45, 2.75) is 33.2 Å². The van der Waals surface area contributed by atoms with Crippen molar-refractivity contribution in [1.29, 1.82) is 0 Å². The number of phenolic OH excluding ortho intramolecular Hbond substituents is 1. The number of benzene rings is 1. The van der Waals surface area contributed by atoms with Crippen LogP contribution in [0.5, 0.6) is 11.5 Å². The molecule has 0 amide bonds. The molecule has 0 saturated heterocycles. The first-order valence-electron chi connectivity index (χ1n) is 5.75. The number of aromatic hydroxyl groups is 1. The highest BCUT2D eigenvalue weighted by atomic mass is 35.5. The van der Waals surface area contributed by atoms with Crippen molar-refractivity contribution in [3.8, 4) is 11.5 Å². The molecule has 3 N–H and O–H groups in total. The van der Waals surface area contributed by atoms with Crippen molar-refractivity contribution in [1.82, 2.24) is 0 Å². The van der Waals surface area contributed by atoms with Gasteiger partial charge in [0.25, 0.3) is 0 Å². The molecular weight excluding hydrogens is 238 g/mol. The Balaban J connectivity index is 0.00000256. The third kappa shape index (κ3) is 4.84. The molecule has 0 aromatic heterocycles. The van der Waals surface area contributed by atoms with E-state index >= 15 is 0 Å². The van der Waals surface area contributed by atoms with Gasteiger partial charge in [-0.3, -0.25) is 0 Å². The second kappa shape index (κ2) is 7.41. The van der Waals surface area contributed by atoms with Gasteiger partial charge >= 0.3 is 0 Å². The van der Waals surface area contributed by atoms with Gasteiger partial charge in [0, 0.05) is 6.04 Å². The van der Waals surface area contributed by atoms with Crippen LogP contribution in [0.4, 0.5) is 0 Å². The minimum absolute atomic E-state index is 0. The SMILES string of the molecule is CCOc1cc([C@H](N)CC(C)C)ccc1O.Cl. The van der Waals surface area contributed by atoms with Crippen LogP contribution in [0.25, 0.3) is 0 Å². The Labute approximate surface area is 109 Å². The van der Waals surface area contributed by atoms with Crippen LogP contribution in [0, 0.1) is 5.92 Å². The molecular formula is C13H22ClNO2. The van der Waals surface area contributed by atoms with Gasteiger partial charge in [0.05, 0.1) is 6.61 Å². The molecule has 0 spiro atoms. The molecule has 1 aromatic rings. The summed E-state index contributed by atoms with van der Waals surface area (Å²) < 4.78 is 5.33. The quantitative estimate of drug-likeness (QED) is 0.853. The Morgan fingerprint density at radius 3 is 2.53 bits per heavy atom. The molecule has 0 radical (unpaired) electrons. The van der Waals surface area contributed by atoms with E-state index in [0.29, 0.717) is 18.3 Å². The Hall–Kier alpha value is -0.930. The number of hydrogen-bond acceptors (Lipinski definition) is 3. The summed E-state index contributed by atoms with van der Waals surface area (Å²) in [5.74, 6) is 1.24. The van der Waals surface area contributed by atoms with Crippen LogP contribution in [0.3, 0.4) is 0 Å². The Kier molecular flexibility index (Phi) is 7.00. The summed E-state index contributed by atoms with van der Waals surface area (Å²) in [4.78, 5) is 0. The lowest BCUT2D eigenvalue weighted by molar-refractivity contribution is 0.317. The van der Waals surface area contributed by atoms with E-state index in [1.807, 2.05) is 19.1 Å². The number of ether oxygens (including phenoxy) is 1. The second-order valence-corrected chi connectivity index (χ2v) is 4.40. The van der Waals surface area contributed by atoms with Gasteiger partial charge in [-0.15, -0.1) is 12.4 Å². The van der Waals surface area contributed by atoms with E-state index in [1.54, 1.807) is 6.07 Å². The normalized spacial score (nSPS) is 12.1. The summed E-state index contributed by atoms with van der Waals surface area (Å²) in [7, 11) is 0. The van der Waals surface area contributed by atoms with Gasteiger partial charge in [0.15, 0.2) is 11.5 Å². The van der Waals surface area contributed by atoms with E-state index in [2.05, 4.69) is 13.8 Å². The van der Waals surface area contributed by atoms with Crippen LogP contribution in [-0.2, 0) is 0 Å². The molecule has 1 atom stereocenters. The highest BCUT2D eigenvalue weighted by molar-refractivity contribution is 5.85. The first-order chi connectivity index (χ1) is 7.54. The van der Waals surface area contributed by atoms with Crippen LogP contribution >= 0.6 is 12.4 Å². The maximum atomic E-state index is 9.56. The van der Waals surface area contributed by atoms with Crippen molar-refractivity contribution < 1.29 is 9.84 Å². The predicted molar refractivity (Wildman–Crippen MR) is 72.9 cm³/mol.